The van der Waals surface area contributed by atoms with Gasteiger partial charge in [-0.3, -0.25) is 9.48 Å². The van der Waals surface area contributed by atoms with Crippen LogP contribution in [0.1, 0.15) is 26.4 Å². The molecule has 0 saturated carbocycles. The summed E-state index contributed by atoms with van der Waals surface area (Å²) >= 11 is 1.55. The molecule has 1 amide bonds. The molecule has 1 aromatic carbocycles. The molecule has 0 unspecified atom stereocenters. The van der Waals surface area contributed by atoms with Gasteiger partial charge in [0.2, 0.25) is 0 Å². The summed E-state index contributed by atoms with van der Waals surface area (Å²) in [5.41, 5.74) is 3.42. The van der Waals surface area contributed by atoms with Crippen molar-refractivity contribution < 1.29 is 14.3 Å². The monoisotopic (exact) mass is 406 g/mol. The van der Waals surface area contributed by atoms with E-state index in [4.69, 9.17) is 9.72 Å². The van der Waals surface area contributed by atoms with Gasteiger partial charge in [0.05, 0.1) is 39.9 Å². The molecule has 8 heteroatoms. The summed E-state index contributed by atoms with van der Waals surface area (Å²) in [5, 5.41) is 9.97. The molecule has 0 bridgehead atoms. The molecule has 0 radical (unpaired) electrons. The Balaban J connectivity index is 1.78. The molecule has 0 aliphatic carbocycles. The molecule has 29 heavy (non-hydrogen) atoms. The number of aromatic nitrogens is 3. The zero-order valence-corrected chi connectivity index (χ0v) is 16.9. The van der Waals surface area contributed by atoms with Crippen LogP contribution in [0.5, 0.6) is 0 Å². The lowest BCUT2D eigenvalue weighted by atomic mass is 10.1. The van der Waals surface area contributed by atoms with Crippen LogP contribution in [0.25, 0.3) is 21.6 Å². The van der Waals surface area contributed by atoms with E-state index in [2.05, 4.69) is 10.4 Å². The van der Waals surface area contributed by atoms with E-state index in [1.54, 1.807) is 46.4 Å². The summed E-state index contributed by atoms with van der Waals surface area (Å²) in [6, 6.07) is 12.3. The van der Waals surface area contributed by atoms with Gasteiger partial charge in [0.15, 0.2) is 5.65 Å². The average molecular weight is 406 g/mol. The highest BCUT2D eigenvalue weighted by molar-refractivity contribution is 7.13. The number of ether oxygens (including phenoxy) is 1. The SMILES string of the molecule is COC(=O)c1cccc(NC(=O)c2cc(-c3cccs3)nc3c2c(C)nn3C)c1. The van der Waals surface area contributed by atoms with Crippen LogP contribution < -0.4 is 5.32 Å². The number of thiophene rings is 1. The number of aryl methyl sites for hydroxylation is 2. The number of fused-ring (bicyclic) bond motifs is 1. The largest absolute Gasteiger partial charge is 0.465 e. The first kappa shape index (κ1) is 18.8. The van der Waals surface area contributed by atoms with Crippen molar-refractivity contribution in [1.82, 2.24) is 14.8 Å². The summed E-state index contributed by atoms with van der Waals surface area (Å²) in [5.74, 6) is -0.760. The first-order valence-corrected chi connectivity index (χ1v) is 9.74. The number of hydrogen-bond donors (Lipinski definition) is 1. The van der Waals surface area contributed by atoms with E-state index >= 15 is 0 Å². The van der Waals surface area contributed by atoms with E-state index in [-0.39, 0.29) is 5.91 Å². The number of amides is 1. The van der Waals surface area contributed by atoms with Crippen molar-refractivity contribution in [1.29, 1.82) is 0 Å². The number of esters is 1. The maximum Gasteiger partial charge on any atom is 0.337 e. The standard InChI is InChI=1S/C21H18N4O3S/c1-12-18-15(20(26)22-14-7-4-6-13(10-14)21(27)28-3)11-16(17-8-5-9-29-17)23-19(18)25(2)24-12/h4-11H,1-3H3,(H,22,26). The van der Waals surface area contributed by atoms with Crippen LogP contribution in [-0.2, 0) is 11.8 Å². The van der Waals surface area contributed by atoms with Gasteiger partial charge in [0.1, 0.15) is 0 Å². The van der Waals surface area contributed by atoms with E-state index in [1.165, 1.54) is 7.11 Å². The van der Waals surface area contributed by atoms with E-state index in [9.17, 15) is 9.59 Å². The molecule has 0 spiro atoms. The van der Waals surface area contributed by atoms with Crippen molar-refractivity contribution in [3.63, 3.8) is 0 Å². The Kier molecular flexibility index (Phi) is 4.85. The second-order valence-electron chi connectivity index (χ2n) is 6.47. The number of hydrogen-bond acceptors (Lipinski definition) is 6. The summed E-state index contributed by atoms with van der Waals surface area (Å²) in [6.07, 6.45) is 0. The van der Waals surface area contributed by atoms with Gasteiger partial charge in [-0.05, 0) is 42.6 Å². The highest BCUT2D eigenvalue weighted by atomic mass is 32.1. The number of anilines is 1. The van der Waals surface area contributed by atoms with Gasteiger partial charge >= 0.3 is 5.97 Å². The van der Waals surface area contributed by atoms with Crippen LogP contribution in [0.15, 0.2) is 47.8 Å². The van der Waals surface area contributed by atoms with E-state index in [0.29, 0.717) is 33.5 Å². The van der Waals surface area contributed by atoms with Gasteiger partial charge in [-0.25, -0.2) is 9.78 Å². The van der Waals surface area contributed by atoms with Gasteiger partial charge in [0.25, 0.3) is 5.91 Å². The van der Waals surface area contributed by atoms with Crippen LogP contribution in [0.2, 0.25) is 0 Å². The maximum absolute atomic E-state index is 13.2. The number of nitrogens with zero attached hydrogens (tertiary/aromatic N) is 3. The zero-order valence-electron chi connectivity index (χ0n) is 16.1. The maximum atomic E-state index is 13.2. The van der Waals surface area contributed by atoms with Crippen molar-refractivity contribution in [3.8, 4) is 10.6 Å². The van der Waals surface area contributed by atoms with Crippen molar-refractivity contribution in [2.75, 3.05) is 12.4 Å². The zero-order chi connectivity index (χ0) is 20.5. The minimum absolute atomic E-state index is 0.298. The molecule has 7 nitrogen and oxygen atoms in total. The van der Waals surface area contributed by atoms with E-state index in [1.807, 2.05) is 31.5 Å². The Morgan fingerprint density at radius 2 is 2.00 bits per heavy atom. The van der Waals surface area contributed by atoms with Crippen LogP contribution in [0.4, 0.5) is 5.69 Å². The van der Waals surface area contributed by atoms with E-state index in [0.717, 1.165) is 10.6 Å². The molecular weight excluding hydrogens is 388 g/mol. The number of pyridine rings is 1. The molecule has 0 aliphatic rings. The summed E-state index contributed by atoms with van der Waals surface area (Å²) in [4.78, 5) is 30.6. The predicted octanol–water partition coefficient (Wildman–Crippen LogP) is 4.04. The summed E-state index contributed by atoms with van der Waals surface area (Å²) in [7, 11) is 3.13. The topological polar surface area (TPSA) is 86.1 Å². The Hall–Kier alpha value is -3.52. The summed E-state index contributed by atoms with van der Waals surface area (Å²) in [6.45, 7) is 1.85. The highest BCUT2D eigenvalue weighted by Gasteiger charge is 2.20. The second-order valence-corrected chi connectivity index (χ2v) is 7.41. The molecule has 0 fully saturated rings. The van der Waals surface area contributed by atoms with Crippen LogP contribution in [-0.4, -0.2) is 33.8 Å². The number of methoxy groups -OCH3 is 1. The normalized spacial score (nSPS) is 10.9. The van der Waals surface area contributed by atoms with Gasteiger partial charge in [0, 0.05) is 12.7 Å². The first-order valence-electron chi connectivity index (χ1n) is 8.86. The van der Waals surface area contributed by atoms with Crippen molar-refractivity contribution in [2.45, 2.75) is 6.92 Å². The molecule has 3 heterocycles. The second kappa shape index (κ2) is 7.48. The fourth-order valence-corrected chi connectivity index (χ4v) is 3.90. The first-order chi connectivity index (χ1) is 14.0. The predicted molar refractivity (Wildman–Crippen MR) is 112 cm³/mol. The molecule has 4 rings (SSSR count). The molecule has 0 atom stereocenters. The Labute approximate surface area is 171 Å². The number of carbonyl (C=O) groups excluding carboxylic acids is 2. The molecule has 3 aromatic heterocycles. The molecule has 4 aromatic rings. The van der Waals surface area contributed by atoms with Gasteiger partial charge < -0.3 is 10.1 Å². The molecular formula is C21H18N4O3S. The average Bonchev–Trinajstić information content (AvgIpc) is 3.35. The fraction of sp³-hybridized carbons (Fsp3) is 0.143. The Morgan fingerprint density at radius 3 is 2.72 bits per heavy atom. The number of benzene rings is 1. The molecule has 146 valence electrons. The molecule has 0 aliphatic heterocycles. The van der Waals surface area contributed by atoms with Crippen LogP contribution in [0, 0.1) is 6.92 Å². The third-order valence-corrected chi connectivity index (χ3v) is 5.42. The molecule has 1 N–H and O–H groups in total. The Bertz CT molecular complexity index is 1230. The lowest BCUT2D eigenvalue weighted by Crippen LogP contribution is -2.14. The van der Waals surface area contributed by atoms with Gasteiger partial charge in [-0.15, -0.1) is 11.3 Å². The van der Waals surface area contributed by atoms with Crippen LogP contribution >= 0.6 is 11.3 Å². The summed E-state index contributed by atoms with van der Waals surface area (Å²) < 4.78 is 6.42. The Morgan fingerprint density at radius 1 is 1.17 bits per heavy atom. The van der Waals surface area contributed by atoms with Crippen molar-refractivity contribution in [3.05, 3.63) is 64.7 Å². The minimum atomic E-state index is -0.463. The quantitative estimate of drug-likeness (QED) is 0.517. The molecule has 0 saturated heterocycles. The fourth-order valence-electron chi connectivity index (χ4n) is 3.21. The minimum Gasteiger partial charge on any atom is -0.465 e. The van der Waals surface area contributed by atoms with Crippen LogP contribution in [0.3, 0.4) is 0 Å². The van der Waals surface area contributed by atoms with Crippen molar-refractivity contribution in [2.24, 2.45) is 7.05 Å². The van der Waals surface area contributed by atoms with Gasteiger partial charge in [-0.2, -0.15) is 5.10 Å². The lowest BCUT2D eigenvalue weighted by molar-refractivity contribution is 0.0600. The third-order valence-electron chi connectivity index (χ3n) is 4.53. The third kappa shape index (κ3) is 3.50. The van der Waals surface area contributed by atoms with Gasteiger partial charge in [-0.1, -0.05) is 12.1 Å². The number of rotatable bonds is 4. The van der Waals surface area contributed by atoms with Crippen molar-refractivity contribution >= 4 is 39.9 Å². The highest BCUT2D eigenvalue weighted by Crippen LogP contribution is 2.29. The number of carbonyl (C=O) groups is 2. The smallest absolute Gasteiger partial charge is 0.337 e. The lowest BCUT2D eigenvalue weighted by Gasteiger charge is -2.09. The van der Waals surface area contributed by atoms with E-state index < -0.39 is 5.97 Å². The number of nitrogens with one attached hydrogen (secondary N) is 1.